The number of hydrogen-bond donors (Lipinski definition) is 1. The first-order valence-electron chi connectivity index (χ1n) is 15.2. The third-order valence-corrected chi connectivity index (χ3v) is 10.1. The Balaban J connectivity index is 1.33. The van der Waals surface area contributed by atoms with Crippen LogP contribution in [0, 0.1) is 0 Å². The number of rotatable bonds is 5. The van der Waals surface area contributed by atoms with Gasteiger partial charge in [-0.15, -0.1) is 0 Å². The number of ether oxygens (including phenoxy) is 1. The average molecular weight is 521 g/mol. The second kappa shape index (κ2) is 11.0. The maximum Gasteiger partial charge on any atom is 0.331 e. The first-order valence-corrected chi connectivity index (χ1v) is 15.2. The maximum atomic E-state index is 14.2. The standard InChI is InChI=1S/C31H44N4O3/c1-38-30(37)31(18-10-5-11-19-31)33-28-29(36)35(27-15-9-8-14-26(27)32-28)25-20-23-16-17-24(21-25)34(23)22-12-6-3-2-4-7-13-22/h8-9,14-15,22-25H,2-7,10-13,16-21H2,1H3,(H,32,33)/t23-,24+,25+. The Labute approximate surface area is 226 Å². The van der Waals surface area contributed by atoms with Crippen molar-refractivity contribution in [1.29, 1.82) is 0 Å². The molecule has 2 aliphatic carbocycles. The normalized spacial score (nSPS) is 28.5. The zero-order valence-corrected chi connectivity index (χ0v) is 23.0. The van der Waals surface area contributed by atoms with Crippen LogP contribution in [0.15, 0.2) is 29.1 Å². The van der Waals surface area contributed by atoms with Crippen molar-refractivity contribution in [2.24, 2.45) is 0 Å². The highest BCUT2D eigenvalue weighted by Crippen LogP contribution is 2.44. The van der Waals surface area contributed by atoms with Crippen molar-refractivity contribution in [2.45, 2.75) is 132 Å². The number of aromatic nitrogens is 2. The Morgan fingerprint density at radius 1 is 0.868 bits per heavy atom. The molecule has 7 heteroatoms. The number of para-hydroxylation sites is 2. The lowest BCUT2D eigenvalue weighted by Gasteiger charge is -2.45. The summed E-state index contributed by atoms with van der Waals surface area (Å²) in [6.07, 6.45) is 18.3. The number of fused-ring (bicyclic) bond motifs is 3. The Kier molecular flexibility index (Phi) is 7.48. The van der Waals surface area contributed by atoms with Crippen molar-refractivity contribution < 1.29 is 9.53 Å². The van der Waals surface area contributed by atoms with Crippen molar-refractivity contribution in [1.82, 2.24) is 14.5 Å². The predicted molar refractivity (Wildman–Crippen MR) is 150 cm³/mol. The van der Waals surface area contributed by atoms with Gasteiger partial charge in [-0.2, -0.15) is 0 Å². The summed E-state index contributed by atoms with van der Waals surface area (Å²) in [5, 5.41) is 3.37. The molecule has 2 saturated carbocycles. The smallest absolute Gasteiger partial charge is 0.331 e. The van der Waals surface area contributed by atoms with Gasteiger partial charge in [-0.25, -0.2) is 9.78 Å². The van der Waals surface area contributed by atoms with Crippen LogP contribution in [0.4, 0.5) is 5.82 Å². The number of benzene rings is 1. The molecule has 7 nitrogen and oxygen atoms in total. The van der Waals surface area contributed by atoms with Gasteiger partial charge in [0, 0.05) is 24.2 Å². The fourth-order valence-electron chi connectivity index (χ4n) is 8.28. The van der Waals surface area contributed by atoms with Crippen LogP contribution >= 0.6 is 0 Å². The number of carbonyl (C=O) groups is 1. The molecule has 2 saturated heterocycles. The van der Waals surface area contributed by atoms with Crippen LogP contribution in [0.2, 0.25) is 0 Å². The van der Waals surface area contributed by atoms with Gasteiger partial charge in [0.15, 0.2) is 5.82 Å². The number of methoxy groups -OCH3 is 1. The minimum Gasteiger partial charge on any atom is -0.467 e. The summed E-state index contributed by atoms with van der Waals surface area (Å²) < 4.78 is 7.25. The number of hydrogen-bond acceptors (Lipinski definition) is 6. The van der Waals surface area contributed by atoms with Gasteiger partial charge >= 0.3 is 5.97 Å². The number of nitrogens with zero attached hydrogens (tertiary/aromatic N) is 3. The van der Waals surface area contributed by atoms with Gasteiger partial charge in [0.1, 0.15) is 5.54 Å². The van der Waals surface area contributed by atoms with Crippen molar-refractivity contribution in [2.75, 3.05) is 12.4 Å². The molecule has 38 heavy (non-hydrogen) atoms. The molecular weight excluding hydrogens is 476 g/mol. The fraction of sp³-hybridized carbons (Fsp3) is 0.710. The lowest BCUT2D eigenvalue weighted by Crippen LogP contribution is -2.51. The van der Waals surface area contributed by atoms with E-state index in [2.05, 4.69) is 10.2 Å². The van der Waals surface area contributed by atoms with E-state index in [4.69, 9.17) is 9.72 Å². The van der Waals surface area contributed by atoms with Gasteiger partial charge in [-0.1, -0.05) is 63.5 Å². The van der Waals surface area contributed by atoms with Gasteiger partial charge in [0.2, 0.25) is 0 Å². The van der Waals surface area contributed by atoms with Crippen LogP contribution in [0.5, 0.6) is 0 Å². The molecule has 1 aromatic heterocycles. The Hall–Kier alpha value is -2.41. The van der Waals surface area contributed by atoms with Gasteiger partial charge in [-0.05, 0) is 63.5 Å². The summed E-state index contributed by atoms with van der Waals surface area (Å²) >= 11 is 0. The summed E-state index contributed by atoms with van der Waals surface area (Å²) in [7, 11) is 1.44. The molecule has 3 heterocycles. The monoisotopic (exact) mass is 520 g/mol. The topological polar surface area (TPSA) is 76.5 Å². The van der Waals surface area contributed by atoms with Crippen LogP contribution in [0.25, 0.3) is 11.0 Å². The first-order chi connectivity index (χ1) is 18.6. The fourth-order valence-corrected chi connectivity index (χ4v) is 8.28. The Bertz CT molecular complexity index is 1180. The van der Waals surface area contributed by atoms with Crippen molar-refractivity contribution >= 4 is 22.8 Å². The SMILES string of the molecule is COC(=O)C1(Nc2nc3ccccc3n([C@H]3C[C@H]4CC[C@@H](C3)N4C3CCCCCCC3)c2=O)CCCCC1. The number of carbonyl (C=O) groups excluding carboxylic acids is 1. The van der Waals surface area contributed by atoms with Crippen LogP contribution in [0.1, 0.15) is 109 Å². The van der Waals surface area contributed by atoms with E-state index in [0.717, 1.165) is 43.1 Å². The Morgan fingerprint density at radius 3 is 2.18 bits per heavy atom. The third-order valence-electron chi connectivity index (χ3n) is 10.1. The van der Waals surface area contributed by atoms with Crippen LogP contribution in [-0.4, -0.2) is 51.2 Å². The molecule has 0 radical (unpaired) electrons. The van der Waals surface area contributed by atoms with Crippen LogP contribution in [0.3, 0.4) is 0 Å². The molecule has 2 bridgehead atoms. The van der Waals surface area contributed by atoms with E-state index >= 15 is 0 Å². The molecule has 0 amide bonds. The molecule has 4 aliphatic rings. The quantitative estimate of drug-likeness (QED) is 0.490. The molecule has 6 rings (SSSR count). The van der Waals surface area contributed by atoms with E-state index < -0.39 is 5.54 Å². The minimum absolute atomic E-state index is 0.0960. The number of anilines is 1. The maximum absolute atomic E-state index is 14.2. The van der Waals surface area contributed by atoms with Gasteiger partial charge in [0.25, 0.3) is 5.56 Å². The molecule has 206 valence electrons. The molecule has 0 spiro atoms. The molecule has 0 unspecified atom stereocenters. The zero-order valence-electron chi connectivity index (χ0n) is 23.0. The second-order valence-electron chi connectivity index (χ2n) is 12.3. The van der Waals surface area contributed by atoms with Crippen molar-refractivity contribution in [3.8, 4) is 0 Å². The minimum atomic E-state index is -0.875. The highest BCUT2D eigenvalue weighted by Gasteiger charge is 2.45. The Morgan fingerprint density at radius 2 is 1.50 bits per heavy atom. The molecule has 4 fully saturated rings. The van der Waals surface area contributed by atoms with Gasteiger partial charge in [-0.3, -0.25) is 9.69 Å². The molecule has 3 atom stereocenters. The van der Waals surface area contributed by atoms with E-state index in [1.54, 1.807) is 0 Å². The molecule has 1 N–H and O–H groups in total. The van der Waals surface area contributed by atoms with E-state index in [1.165, 1.54) is 64.9 Å². The highest BCUT2D eigenvalue weighted by atomic mass is 16.5. The summed E-state index contributed by atoms with van der Waals surface area (Å²) in [5.41, 5.74) is 0.740. The van der Waals surface area contributed by atoms with Gasteiger partial charge < -0.3 is 14.6 Å². The number of nitrogens with one attached hydrogen (secondary N) is 1. The van der Waals surface area contributed by atoms with E-state index in [1.807, 2.05) is 28.8 Å². The van der Waals surface area contributed by atoms with Crippen LogP contribution < -0.4 is 10.9 Å². The molecule has 2 aliphatic heterocycles. The average Bonchev–Trinajstić information content (AvgIpc) is 3.17. The summed E-state index contributed by atoms with van der Waals surface area (Å²) in [6.45, 7) is 0. The lowest BCUT2D eigenvalue weighted by molar-refractivity contribution is -0.147. The van der Waals surface area contributed by atoms with E-state index in [9.17, 15) is 9.59 Å². The number of esters is 1. The summed E-state index contributed by atoms with van der Waals surface area (Å²) in [5.74, 6) is 0.00876. The third kappa shape index (κ3) is 4.76. The van der Waals surface area contributed by atoms with Crippen molar-refractivity contribution in [3.05, 3.63) is 34.6 Å². The number of piperidine rings is 1. The largest absolute Gasteiger partial charge is 0.467 e. The van der Waals surface area contributed by atoms with E-state index in [-0.39, 0.29) is 17.6 Å². The highest BCUT2D eigenvalue weighted by molar-refractivity contribution is 5.85. The summed E-state index contributed by atoms with van der Waals surface area (Å²) in [6, 6.07) is 9.97. The first kappa shape index (κ1) is 25.8. The van der Waals surface area contributed by atoms with Crippen molar-refractivity contribution in [3.63, 3.8) is 0 Å². The molecule has 1 aromatic carbocycles. The second-order valence-corrected chi connectivity index (χ2v) is 12.3. The predicted octanol–water partition coefficient (Wildman–Crippen LogP) is 5.97. The summed E-state index contributed by atoms with van der Waals surface area (Å²) in [4.78, 5) is 34.8. The lowest BCUT2D eigenvalue weighted by atomic mass is 9.81. The van der Waals surface area contributed by atoms with Crippen LogP contribution in [-0.2, 0) is 9.53 Å². The molecular formula is C31H44N4O3. The van der Waals surface area contributed by atoms with E-state index in [0.29, 0.717) is 36.8 Å². The molecule has 2 aromatic rings. The zero-order chi connectivity index (χ0) is 26.1. The van der Waals surface area contributed by atoms with Gasteiger partial charge in [0.05, 0.1) is 18.1 Å².